The highest BCUT2D eigenvalue weighted by atomic mass is 35.5. The van der Waals surface area contributed by atoms with Gasteiger partial charge < -0.3 is 10.6 Å². The standard InChI is InChI=1S/C23H27ClN4O6S2/c1-35(31,32)27-14-20(22(29)25-17-6-4-16(24)5-7-17)21(15-27)23(30)26-18-8-10-19(11-9-18)28-12-2-3-13-36(28,33)34/h4-11,20-21H,2-3,12-15H2,1H3,(H,25,29)(H,26,30)/t20-,21-/m0/s1. The van der Waals surface area contributed by atoms with Crippen LogP contribution in [0, 0.1) is 11.8 Å². The summed E-state index contributed by atoms with van der Waals surface area (Å²) >= 11 is 5.88. The monoisotopic (exact) mass is 554 g/mol. The molecule has 2 aliphatic rings. The molecule has 2 N–H and O–H groups in total. The summed E-state index contributed by atoms with van der Waals surface area (Å²) in [6.45, 7) is 0.150. The van der Waals surface area contributed by atoms with Crippen molar-refractivity contribution < 1.29 is 26.4 Å². The van der Waals surface area contributed by atoms with E-state index in [2.05, 4.69) is 10.6 Å². The Labute approximate surface area is 215 Å². The normalized spacial score (nSPS) is 22.2. The zero-order valence-corrected chi connectivity index (χ0v) is 21.9. The van der Waals surface area contributed by atoms with Crippen molar-refractivity contribution in [3.63, 3.8) is 0 Å². The summed E-state index contributed by atoms with van der Waals surface area (Å²) in [5.74, 6) is -2.71. The number of nitrogens with zero attached hydrogens (tertiary/aromatic N) is 2. The smallest absolute Gasteiger partial charge is 0.235 e. The van der Waals surface area contributed by atoms with Gasteiger partial charge in [-0.15, -0.1) is 0 Å². The summed E-state index contributed by atoms with van der Waals surface area (Å²) in [5, 5.41) is 5.96. The van der Waals surface area contributed by atoms with Gasteiger partial charge in [0.05, 0.1) is 29.5 Å². The number of benzene rings is 2. The number of hydrogen-bond donors (Lipinski definition) is 2. The van der Waals surface area contributed by atoms with Gasteiger partial charge in [0.2, 0.25) is 31.9 Å². The summed E-state index contributed by atoms with van der Waals surface area (Å²) < 4.78 is 51.5. The Balaban J connectivity index is 1.49. The van der Waals surface area contributed by atoms with Crippen LogP contribution in [0.1, 0.15) is 12.8 Å². The van der Waals surface area contributed by atoms with Crippen LogP contribution in [0.4, 0.5) is 17.1 Å². The predicted molar refractivity (Wildman–Crippen MR) is 139 cm³/mol. The fraction of sp³-hybridized carbons (Fsp3) is 0.391. The molecule has 194 valence electrons. The molecule has 2 heterocycles. The van der Waals surface area contributed by atoms with E-state index in [0.29, 0.717) is 35.1 Å². The Morgan fingerprint density at radius 3 is 1.86 bits per heavy atom. The summed E-state index contributed by atoms with van der Waals surface area (Å²) in [6, 6.07) is 12.8. The van der Waals surface area contributed by atoms with E-state index >= 15 is 0 Å². The van der Waals surface area contributed by atoms with Crippen molar-refractivity contribution in [3.05, 3.63) is 53.6 Å². The number of amides is 2. The molecular weight excluding hydrogens is 528 g/mol. The van der Waals surface area contributed by atoms with Gasteiger partial charge in [0.1, 0.15) is 0 Å². The second kappa shape index (κ2) is 10.4. The van der Waals surface area contributed by atoms with Crippen molar-refractivity contribution in [2.45, 2.75) is 12.8 Å². The number of nitrogens with one attached hydrogen (secondary N) is 2. The molecule has 0 aromatic heterocycles. The molecule has 2 saturated heterocycles. The van der Waals surface area contributed by atoms with E-state index < -0.39 is 43.7 Å². The van der Waals surface area contributed by atoms with Crippen molar-refractivity contribution in [1.82, 2.24) is 4.31 Å². The summed E-state index contributed by atoms with van der Waals surface area (Å²) in [5.41, 5.74) is 1.40. The first-order chi connectivity index (χ1) is 16.9. The zero-order valence-electron chi connectivity index (χ0n) is 19.6. The average molecular weight is 555 g/mol. The van der Waals surface area contributed by atoms with E-state index in [1.54, 1.807) is 48.5 Å². The molecule has 4 rings (SSSR count). The molecule has 36 heavy (non-hydrogen) atoms. The molecule has 0 saturated carbocycles. The van der Waals surface area contributed by atoms with E-state index in [-0.39, 0.29) is 18.8 Å². The lowest BCUT2D eigenvalue weighted by molar-refractivity contribution is -0.127. The Morgan fingerprint density at radius 1 is 0.889 bits per heavy atom. The topological polar surface area (TPSA) is 133 Å². The largest absolute Gasteiger partial charge is 0.326 e. The zero-order chi connectivity index (χ0) is 26.1. The summed E-state index contributed by atoms with van der Waals surface area (Å²) in [6.07, 6.45) is 2.44. The van der Waals surface area contributed by atoms with Crippen LogP contribution >= 0.6 is 11.6 Å². The maximum Gasteiger partial charge on any atom is 0.235 e. The Bertz CT molecular complexity index is 1350. The first-order valence-electron chi connectivity index (χ1n) is 11.4. The third-order valence-electron chi connectivity index (χ3n) is 6.31. The van der Waals surface area contributed by atoms with Gasteiger partial charge in [-0.25, -0.2) is 21.1 Å². The quantitative estimate of drug-likeness (QED) is 0.563. The maximum atomic E-state index is 13.2. The lowest BCUT2D eigenvalue weighted by Crippen LogP contribution is -2.37. The van der Waals surface area contributed by atoms with Crippen LogP contribution < -0.4 is 14.9 Å². The van der Waals surface area contributed by atoms with Crippen LogP contribution in [-0.2, 0) is 29.6 Å². The van der Waals surface area contributed by atoms with E-state index in [1.165, 1.54) is 4.31 Å². The number of halogens is 1. The van der Waals surface area contributed by atoms with Crippen molar-refractivity contribution in [1.29, 1.82) is 0 Å². The number of hydrogen-bond acceptors (Lipinski definition) is 6. The molecule has 2 amide bonds. The van der Waals surface area contributed by atoms with Crippen LogP contribution in [0.3, 0.4) is 0 Å². The van der Waals surface area contributed by atoms with E-state index in [9.17, 15) is 26.4 Å². The number of anilines is 3. The summed E-state index contributed by atoms with van der Waals surface area (Å²) in [7, 11) is -6.98. The minimum atomic E-state index is -3.62. The van der Waals surface area contributed by atoms with Crippen molar-refractivity contribution >= 4 is 60.5 Å². The first kappa shape index (κ1) is 26.4. The van der Waals surface area contributed by atoms with Gasteiger partial charge in [0.25, 0.3) is 0 Å². The lowest BCUT2D eigenvalue weighted by Gasteiger charge is -2.28. The molecule has 10 nitrogen and oxygen atoms in total. The van der Waals surface area contributed by atoms with Crippen LogP contribution in [0.25, 0.3) is 0 Å². The highest BCUT2D eigenvalue weighted by Crippen LogP contribution is 2.30. The molecule has 2 fully saturated rings. The molecular formula is C23H27ClN4O6S2. The highest BCUT2D eigenvalue weighted by Gasteiger charge is 2.44. The van der Waals surface area contributed by atoms with E-state index in [1.807, 2.05) is 0 Å². The molecule has 2 aromatic rings. The van der Waals surface area contributed by atoms with Crippen LogP contribution in [0.5, 0.6) is 0 Å². The van der Waals surface area contributed by atoms with Gasteiger partial charge in [-0.3, -0.25) is 13.9 Å². The molecule has 0 bridgehead atoms. The number of carbonyl (C=O) groups excluding carboxylic acids is 2. The van der Waals surface area contributed by atoms with Gasteiger partial charge in [0, 0.05) is 36.0 Å². The molecule has 0 unspecified atom stereocenters. The molecule has 13 heteroatoms. The van der Waals surface area contributed by atoms with Crippen LogP contribution in [0.15, 0.2) is 48.5 Å². The van der Waals surface area contributed by atoms with Gasteiger partial charge >= 0.3 is 0 Å². The van der Waals surface area contributed by atoms with Gasteiger partial charge in [-0.2, -0.15) is 0 Å². The van der Waals surface area contributed by atoms with Gasteiger partial charge in [-0.1, -0.05) is 11.6 Å². The number of rotatable bonds is 6. The average Bonchev–Trinajstić information content (AvgIpc) is 3.28. The Morgan fingerprint density at radius 2 is 1.39 bits per heavy atom. The van der Waals surface area contributed by atoms with Crippen molar-refractivity contribution in [3.8, 4) is 0 Å². The second-order valence-corrected chi connectivity index (χ2v) is 13.4. The predicted octanol–water partition coefficient (Wildman–Crippen LogP) is 2.35. The fourth-order valence-corrected chi connectivity index (χ4v) is 6.99. The first-order valence-corrected chi connectivity index (χ1v) is 15.2. The highest BCUT2D eigenvalue weighted by molar-refractivity contribution is 7.92. The molecule has 2 atom stereocenters. The van der Waals surface area contributed by atoms with Gasteiger partial charge in [0.15, 0.2) is 0 Å². The molecule has 2 aliphatic heterocycles. The number of carbonyl (C=O) groups is 2. The maximum absolute atomic E-state index is 13.2. The fourth-order valence-electron chi connectivity index (χ4n) is 4.36. The lowest BCUT2D eigenvalue weighted by atomic mass is 9.94. The SMILES string of the molecule is CS(=O)(=O)N1C[C@H](C(=O)Nc2ccc(Cl)cc2)[C@@H](C(=O)Nc2ccc(N3CCCCS3(=O)=O)cc2)C1. The molecule has 0 spiro atoms. The Kier molecular flexibility index (Phi) is 7.60. The van der Waals surface area contributed by atoms with Crippen LogP contribution in [0.2, 0.25) is 5.02 Å². The third kappa shape index (κ3) is 6.00. The third-order valence-corrected chi connectivity index (χ3v) is 9.67. The van der Waals surface area contributed by atoms with Crippen molar-refractivity contribution in [2.75, 3.05) is 46.6 Å². The minimum Gasteiger partial charge on any atom is -0.326 e. The van der Waals surface area contributed by atoms with E-state index in [0.717, 1.165) is 17.0 Å². The van der Waals surface area contributed by atoms with Crippen LogP contribution in [-0.4, -0.2) is 64.6 Å². The molecule has 2 aromatic carbocycles. The van der Waals surface area contributed by atoms with Crippen molar-refractivity contribution in [2.24, 2.45) is 11.8 Å². The second-order valence-electron chi connectivity index (χ2n) is 8.92. The molecule has 0 radical (unpaired) electrons. The molecule has 0 aliphatic carbocycles. The minimum absolute atomic E-state index is 0.101. The number of sulfonamides is 2. The summed E-state index contributed by atoms with van der Waals surface area (Å²) in [4.78, 5) is 26.2. The van der Waals surface area contributed by atoms with E-state index in [4.69, 9.17) is 11.6 Å². The van der Waals surface area contributed by atoms with Gasteiger partial charge in [-0.05, 0) is 61.4 Å². The Hall–Kier alpha value is -2.67.